The normalized spacial score (nSPS) is 16.5. The first-order valence-electron chi connectivity index (χ1n) is 8.10. The van der Waals surface area contributed by atoms with Gasteiger partial charge in [0.15, 0.2) is 4.80 Å². The van der Waals surface area contributed by atoms with Crippen molar-refractivity contribution < 1.29 is 9.53 Å². The second-order valence-corrected chi connectivity index (χ2v) is 6.88. The Bertz CT molecular complexity index is 740. The van der Waals surface area contributed by atoms with Crippen molar-refractivity contribution >= 4 is 23.0 Å². The van der Waals surface area contributed by atoms with Crippen LogP contribution in [0.5, 0.6) is 0 Å². The number of ether oxygens (including phenoxy) is 1. The highest BCUT2D eigenvalue weighted by molar-refractivity contribution is 7.11. The maximum absolute atomic E-state index is 12.1. The molecule has 0 aliphatic heterocycles. The van der Waals surface area contributed by atoms with Crippen molar-refractivity contribution in [1.29, 1.82) is 0 Å². The fourth-order valence-corrected chi connectivity index (χ4v) is 4.34. The van der Waals surface area contributed by atoms with E-state index in [-0.39, 0.29) is 5.97 Å². The molecule has 5 heteroatoms. The first kappa shape index (κ1) is 16.0. The Morgan fingerprint density at radius 3 is 2.57 bits per heavy atom. The lowest BCUT2D eigenvalue weighted by Gasteiger charge is -2.24. The first-order valence-corrected chi connectivity index (χ1v) is 8.92. The Morgan fingerprint density at radius 2 is 1.91 bits per heavy atom. The zero-order chi connectivity index (χ0) is 16.2. The van der Waals surface area contributed by atoms with Gasteiger partial charge in [-0.1, -0.05) is 48.8 Å². The largest absolute Gasteiger partial charge is 0.465 e. The number of nitrogens with zero attached hydrogens (tertiary/aromatic N) is 2. The minimum absolute atomic E-state index is 0.272. The molecule has 1 heterocycles. The number of rotatable bonds is 3. The molecule has 1 fully saturated rings. The van der Waals surface area contributed by atoms with E-state index in [1.807, 2.05) is 37.3 Å². The predicted octanol–water partition coefficient (Wildman–Crippen LogP) is 4.38. The molecular weight excluding hydrogens is 308 g/mol. The van der Waals surface area contributed by atoms with Gasteiger partial charge in [0.25, 0.3) is 0 Å². The molecule has 0 atom stereocenters. The summed E-state index contributed by atoms with van der Waals surface area (Å²) in [6.07, 6.45) is 6.09. The average molecular weight is 330 g/mol. The summed E-state index contributed by atoms with van der Waals surface area (Å²) in [5, 5.41) is 0. The Kier molecular flexibility index (Phi) is 4.96. The van der Waals surface area contributed by atoms with Crippen molar-refractivity contribution in [2.75, 3.05) is 7.11 Å². The lowest BCUT2D eigenvalue weighted by molar-refractivity contribution is 0.0604. The third-order valence-corrected chi connectivity index (χ3v) is 5.52. The lowest BCUT2D eigenvalue weighted by Crippen LogP contribution is -2.24. The second-order valence-electron chi connectivity index (χ2n) is 5.90. The number of hydrogen-bond donors (Lipinski definition) is 0. The van der Waals surface area contributed by atoms with E-state index in [0.29, 0.717) is 10.9 Å². The molecule has 0 radical (unpaired) electrons. The van der Waals surface area contributed by atoms with E-state index in [4.69, 9.17) is 9.73 Å². The number of esters is 1. The summed E-state index contributed by atoms with van der Waals surface area (Å²) in [7, 11) is 1.43. The van der Waals surface area contributed by atoms with Crippen molar-refractivity contribution in [3.8, 4) is 0 Å². The van der Waals surface area contributed by atoms with E-state index >= 15 is 0 Å². The van der Waals surface area contributed by atoms with Gasteiger partial charge in [0, 0.05) is 11.7 Å². The number of methoxy groups -OCH3 is 1. The topological polar surface area (TPSA) is 43.6 Å². The van der Waals surface area contributed by atoms with Gasteiger partial charge in [-0.15, -0.1) is 0 Å². The molecule has 23 heavy (non-hydrogen) atoms. The SMILES string of the molecule is COC(=O)c1sc(=Nc2ccccc2)n(C2CCCCC2)c1C. The van der Waals surface area contributed by atoms with Crippen LogP contribution < -0.4 is 4.80 Å². The molecular formula is C18H22N2O2S. The first-order chi connectivity index (χ1) is 11.2. The monoisotopic (exact) mass is 330 g/mol. The molecule has 1 saturated carbocycles. The highest BCUT2D eigenvalue weighted by Gasteiger charge is 2.23. The molecule has 2 aromatic rings. The van der Waals surface area contributed by atoms with Crippen LogP contribution in [0.15, 0.2) is 35.3 Å². The number of carbonyl (C=O) groups excluding carboxylic acids is 1. The van der Waals surface area contributed by atoms with Gasteiger partial charge in [0.1, 0.15) is 4.88 Å². The highest BCUT2D eigenvalue weighted by Crippen LogP contribution is 2.30. The van der Waals surface area contributed by atoms with E-state index in [1.165, 1.54) is 37.7 Å². The predicted molar refractivity (Wildman–Crippen MR) is 92.2 cm³/mol. The number of para-hydroxylation sites is 1. The van der Waals surface area contributed by atoms with Crippen molar-refractivity contribution in [2.24, 2.45) is 4.99 Å². The number of aromatic nitrogens is 1. The summed E-state index contributed by atoms with van der Waals surface area (Å²) in [6, 6.07) is 10.3. The van der Waals surface area contributed by atoms with Gasteiger partial charge in [0.2, 0.25) is 0 Å². The molecule has 1 aromatic carbocycles. The molecule has 4 nitrogen and oxygen atoms in total. The minimum atomic E-state index is -0.272. The van der Waals surface area contributed by atoms with Crippen LogP contribution in [0.2, 0.25) is 0 Å². The molecule has 0 bridgehead atoms. The van der Waals surface area contributed by atoms with Crippen molar-refractivity contribution in [2.45, 2.75) is 45.1 Å². The van der Waals surface area contributed by atoms with Gasteiger partial charge < -0.3 is 9.30 Å². The Morgan fingerprint density at radius 1 is 1.22 bits per heavy atom. The Balaban J connectivity index is 2.12. The number of benzene rings is 1. The summed E-state index contributed by atoms with van der Waals surface area (Å²) in [5.74, 6) is -0.272. The molecule has 0 amide bonds. The standard InChI is InChI=1S/C18H22N2O2S/c1-13-16(17(21)22-2)23-18(19-14-9-5-3-6-10-14)20(13)15-11-7-4-8-12-15/h3,5-6,9-10,15H,4,7-8,11-12H2,1-2H3. The van der Waals surface area contributed by atoms with Crippen LogP contribution >= 0.6 is 11.3 Å². The van der Waals surface area contributed by atoms with Crippen LogP contribution in [0.1, 0.15) is 53.5 Å². The van der Waals surface area contributed by atoms with Gasteiger partial charge in [-0.3, -0.25) is 0 Å². The summed E-state index contributed by atoms with van der Waals surface area (Å²) in [4.78, 5) is 18.4. The van der Waals surface area contributed by atoms with Crippen molar-refractivity contribution in [3.05, 3.63) is 45.7 Å². The molecule has 1 aromatic heterocycles. The average Bonchev–Trinajstić information content (AvgIpc) is 2.92. The summed E-state index contributed by atoms with van der Waals surface area (Å²) in [6.45, 7) is 2.00. The third-order valence-electron chi connectivity index (χ3n) is 4.38. The van der Waals surface area contributed by atoms with Crippen LogP contribution in [-0.2, 0) is 4.74 Å². The van der Waals surface area contributed by atoms with Crippen molar-refractivity contribution in [3.63, 3.8) is 0 Å². The van der Waals surface area contributed by atoms with Crippen LogP contribution in [0.25, 0.3) is 0 Å². The third kappa shape index (κ3) is 3.39. The van der Waals surface area contributed by atoms with Gasteiger partial charge in [-0.2, -0.15) is 0 Å². The highest BCUT2D eigenvalue weighted by atomic mass is 32.1. The van der Waals surface area contributed by atoms with E-state index < -0.39 is 0 Å². The molecule has 1 aliphatic rings. The summed E-state index contributed by atoms with van der Waals surface area (Å²) < 4.78 is 7.19. The van der Waals surface area contributed by atoms with Crippen LogP contribution in [0.4, 0.5) is 5.69 Å². The van der Waals surface area contributed by atoms with E-state index in [9.17, 15) is 4.79 Å². The van der Waals surface area contributed by atoms with Crippen molar-refractivity contribution in [1.82, 2.24) is 4.57 Å². The molecule has 1 aliphatic carbocycles. The maximum Gasteiger partial charge on any atom is 0.349 e. The summed E-state index contributed by atoms with van der Waals surface area (Å²) >= 11 is 1.43. The second kappa shape index (κ2) is 7.13. The zero-order valence-corrected chi connectivity index (χ0v) is 14.4. The number of carbonyl (C=O) groups is 1. The number of hydrogen-bond acceptors (Lipinski definition) is 4. The van der Waals surface area contributed by atoms with Crippen LogP contribution in [0, 0.1) is 6.92 Å². The molecule has 0 spiro atoms. The smallest absolute Gasteiger partial charge is 0.349 e. The summed E-state index contributed by atoms with van der Waals surface area (Å²) in [5.41, 5.74) is 1.89. The maximum atomic E-state index is 12.1. The molecule has 0 N–H and O–H groups in total. The Hall–Kier alpha value is -1.88. The fourth-order valence-electron chi connectivity index (χ4n) is 3.21. The lowest BCUT2D eigenvalue weighted by atomic mass is 9.95. The Labute approximate surface area is 140 Å². The van der Waals surface area contributed by atoms with E-state index in [0.717, 1.165) is 29.0 Å². The quantitative estimate of drug-likeness (QED) is 0.784. The van der Waals surface area contributed by atoms with Gasteiger partial charge in [0.05, 0.1) is 12.8 Å². The van der Waals surface area contributed by atoms with E-state index in [2.05, 4.69) is 4.57 Å². The van der Waals surface area contributed by atoms with Crippen LogP contribution in [0.3, 0.4) is 0 Å². The minimum Gasteiger partial charge on any atom is -0.465 e. The molecule has 0 unspecified atom stereocenters. The fraction of sp³-hybridized carbons (Fsp3) is 0.444. The number of thiazole rings is 1. The van der Waals surface area contributed by atoms with Gasteiger partial charge in [-0.25, -0.2) is 9.79 Å². The molecule has 122 valence electrons. The van der Waals surface area contributed by atoms with Gasteiger partial charge in [-0.05, 0) is 31.9 Å². The van der Waals surface area contributed by atoms with Crippen LogP contribution in [-0.4, -0.2) is 17.6 Å². The van der Waals surface area contributed by atoms with E-state index in [1.54, 1.807) is 0 Å². The van der Waals surface area contributed by atoms with Gasteiger partial charge >= 0.3 is 5.97 Å². The zero-order valence-electron chi connectivity index (χ0n) is 13.6. The molecule has 3 rings (SSSR count). The molecule has 0 saturated heterocycles.